The van der Waals surface area contributed by atoms with E-state index in [9.17, 15) is 4.79 Å². The SMILES string of the molecule is CCN(CC)CCN[C@@H](C)C(=O)NC[C@H]1CCCO1. The molecule has 0 radical (unpaired) electrons. The van der Waals surface area contributed by atoms with Crippen molar-refractivity contribution in [2.45, 2.75) is 45.8 Å². The second kappa shape index (κ2) is 9.28. The molecule has 1 saturated heterocycles. The van der Waals surface area contributed by atoms with Crippen molar-refractivity contribution in [3.63, 3.8) is 0 Å². The Morgan fingerprint density at radius 3 is 2.74 bits per heavy atom. The molecule has 0 unspecified atom stereocenters. The van der Waals surface area contributed by atoms with Gasteiger partial charge in [-0.1, -0.05) is 13.8 Å². The summed E-state index contributed by atoms with van der Waals surface area (Å²) in [5.41, 5.74) is 0. The molecule has 0 bridgehead atoms. The molecule has 1 amide bonds. The molecule has 5 nitrogen and oxygen atoms in total. The zero-order chi connectivity index (χ0) is 14.1. The number of ether oxygens (including phenoxy) is 1. The summed E-state index contributed by atoms with van der Waals surface area (Å²) in [6, 6.07) is -0.142. The molecule has 1 aliphatic heterocycles. The predicted octanol–water partition coefficient (Wildman–Crippen LogP) is 0.602. The molecule has 0 spiro atoms. The Hall–Kier alpha value is -0.650. The van der Waals surface area contributed by atoms with E-state index in [-0.39, 0.29) is 18.1 Å². The highest BCUT2D eigenvalue weighted by Gasteiger charge is 2.18. The van der Waals surface area contributed by atoms with Gasteiger partial charge in [-0.3, -0.25) is 4.79 Å². The third kappa shape index (κ3) is 6.36. The lowest BCUT2D eigenvalue weighted by Crippen LogP contribution is -2.46. The fourth-order valence-corrected chi connectivity index (χ4v) is 2.24. The maximum absolute atomic E-state index is 11.9. The summed E-state index contributed by atoms with van der Waals surface area (Å²) in [5, 5.41) is 6.21. The number of nitrogens with one attached hydrogen (secondary N) is 2. The zero-order valence-corrected chi connectivity index (χ0v) is 12.6. The van der Waals surface area contributed by atoms with Crippen molar-refractivity contribution in [1.82, 2.24) is 15.5 Å². The number of amides is 1. The van der Waals surface area contributed by atoms with Gasteiger partial charge >= 0.3 is 0 Å². The number of hydrogen-bond acceptors (Lipinski definition) is 4. The van der Waals surface area contributed by atoms with E-state index >= 15 is 0 Å². The molecule has 0 aromatic rings. The van der Waals surface area contributed by atoms with Crippen molar-refractivity contribution in [3.8, 4) is 0 Å². The lowest BCUT2D eigenvalue weighted by molar-refractivity contribution is -0.123. The molecule has 1 fully saturated rings. The van der Waals surface area contributed by atoms with Crippen LogP contribution in [-0.2, 0) is 9.53 Å². The largest absolute Gasteiger partial charge is 0.376 e. The molecule has 5 heteroatoms. The van der Waals surface area contributed by atoms with Crippen molar-refractivity contribution >= 4 is 5.91 Å². The fraction of sp³-hybridized carbons (Fsp3) is 0.929. The molecule has 0 saturated carbocycles. The molecule has 1 aliphatic rings. The maximum Gasteiger partial charge on any atom is 0.236 e. The van der Waals surface area contributed by atoms with E-state index < -0.39 is 0 Å². The van der Waals surface area contributed by atoms with Gasteiger partial charge in [0.1, 0.15) is 0 Å². The molecule has 2 atom stereocenters. The van der Waals surface area contributed by atoms with E-state index in [2.05, 4.69) is 29.4 Å². The average molecular weight is 271 g/mol. The van der Waals surface area contributed by atoms with Crippen molar-refractivity contribution in [2.75, 3.05) is 39.3 Å². The van der Waals surface area contributed by atoms with Gasteiger partial charge in [-0.05, 0) is 32.9 Å². The monoisotopic (exact) mass is 271 g/mol. The van der Waals surface area contributed by atoms with E-state index in [0.717, 1.165) is 45.6 Å². The molecule has 1 rings (SSSR count). The molecule has 19 heavy (non-hydrogen) atoms. The molecule has 112 valence electrons. The Labute approximate surface area is 117 Å². The summed E-state index contributed by atoms with van der Waals surface area (Å²) >= 11 is 0. The summed E-state index contributed by atoms with van der Waals surface area (Å²) in [6.45, 7) is 11.6. The third-order valence-corrected chi connectivity index (χ3v) is 3.69. The third-order valence-electron chi connectivity index (χ3n) is 3.69. The first-order valence-electron chi connectivity index (χ1n) is 7.52. The first-order chi connectivity index (χ1) is 9.17. The highest BCUT2D eigenvalue weighted by Crippen LogP contribution is 2.10. The van der Waals surface area contributed by atoms with Crippen molar-refractivity contribution in [1.29, 1.82) is 0 Å². The van der Waals surface area contributed by atoms with Gasteiger partial charge in [-0.15, -0.1) is 0 Å². The van der Waals surface area contributed by atoms with Crippen LogP contribution in [0.15, 0.2) is 0 Å². The van der Waals surface area contributed by atoms with E-state index in [1.54, 1.807) is 0 Å². The van der Waals surface area contributed by atoms with Crippen LogP contribution in [0.5, 0.6) is 0 Å². The maximum atomic E-state index is 11.9. The van der Waals surface area contributed by atoms with Crippen molar-refractivity contribution in [3.05, 3.63) is 0 Å². The topological polar surface area (TPSA) is 53.6 Å². The first kappa shape index (κ1) is 16.4. The van der Waals surface area contributed by atoms with E-state index in [1.165, 1.54) is 0 Å². The van der Waals surface area contributed by atoms with Gasteiger partial charge in [0.25, 0.3) is 0 Å². The summed E-state index contributed by atoms with van der Waals surface area (Å²) in [4.78, 5) is 14.2. The molecule has 2 N–H and O–H groups in total. The molecule has 0 aromatic heterocycles. The van der Waals surface area contributed by atoms with E-state index in [4.69, 9.17) is 4.74 Å². The van der Waals surface area contributed by atoms with Crippen LogP contribution < -0.4 is 10.6 Å². The van der Waals surface area contributed by atoms with Gasteiger partial charge in [0, 0.05) is 26.2 Å². The summed E-state index contributed by atoms with van der Waals surface area (Å²) < 4.78 is 5.48. The van der Waals surface area contributed by atoms with Gasteiger partial charge in [-0.2, -0.15) is 0 Å². The summed E-state index contributed by atoms with van der Waals surface area (Å²) in [6.07, 6.45) is 2.38. The summed E-state index contributed by atoms with van der Waals surface area (Å²) in [5.74, 6) is 0.0649. The molecule has 1 heterocycles. The number of nitrogens with zero attached hydrogens (tertiary/aromatic N) is 1. The van der Waals surface area contributed by atoms with Gasteiger partial charge in [-0.25, -0.2) is 0 Å². The van der Waals surface area contributed by atoms with Gasteiger partial charge in [0.05, 0.1) is 12.1 Å². The fourth-order valence-electron chi connectivity index (χ4n) is 2.24. The van der Waals surface area contributed by atoms with Gasteiger partial charge in [0.15, 0.2) is 0 Å². The van der Waals surface area contributed by atoms with Gasteiger partial charge < -0.3 is 20.3 Å². The van der Waals surface area contributed by atoms with Crippen LogP contribution in [0.3, 0.4) is 0 Å². The lowest BCUT2D eigenvalue weighted by Gasteiger charge is -2.20. The number of carbonyl (C=O) groups is 1. The number of hydrogen-bond donors (Lipinski definition) is 2. The average Bonchev–Trinajstić information content (AvgIpc) is 2.94. The number of likely N-dealkylation sites (N-methyl/N-ethyl adjacent to an activating group) is 1. The van der Waals surface area contributed by atoms with Crippen LogP contribution in [0.25, 0.3) is 0 Å². The Kier molecular flexibility index (Phi) is 8.02. The Morgan fingerprint density at radius 2 is 2.16 bits per heavy atom. The van der Waals surface area contributed by atoms with Gasteiger partial charge in [0.2, 0.25) is 5.91 Å². The van der Waals surface area contributed by atoms with Crippen LogP contribution in [0.1, 0.15) is 33.6 Å². The Bertz CT molecular complexity index is 251. The minimum atomic E-state index is -0.142. The van der Waals surface area contributed by atoms with Crippen molar-refractivity contribution < 1.29 is 9.53 Å². The second-order valence-electron chi connectivity index (χ2n) is 5.08. The highest BCUT2D eigenvalue weighted by atomic mass is 16.5. The minimum absolute atomic E-state index is 0.0649. The predicted molar refractivity (Wildman–Crippen MR) is 77.2 cm³/mol. The summed E-state index contributed by atoms with van der Waals surface area (Å²) in [7, 11) is 0. The van der Waals surface area contributed by atoms with E-state index in [1.807, 2.05) is 6.92 Å². The number of carbonyl (C=O) groups excluding carboxylic acids is 1. The lowest BCUT2D eigenvalue weighted by atomic mass is 10.2. The standard InChI is InChI=1S/C14H29N3O2/c1-4-17(5-2)9-8-15-12(3)14(18)16-11-13-7-6-10-19-13/h12-13,15H,4-11H2,1-3H3,(H,16,18)/t12-,13+/m0/s1. The van der Waals surface area contributed by atoms with Crippen LogP contribution in [0, 0.1) is 0 Å². The Balaban J connectivity index is 2.10. The molecule has 0 aromatic carbocycles. The first-order valence-corrected chi connectivity index (χ1v) is 7.52. The van der Waals surface area contributed by atoms with Crippen LogP contribution in [0.4, 0.5) is 0 Å². The quantitative estimate of drug-likeness (QED) is 0.645. The molecular formula is C14H29N3O2. The second-order valence-corrected chi connectivity index (χ2v) is 5.08. The van der Waals surface area contributed by atoms with Crippen LogP contribution >= 0.6 is 0 Å². The number of rotatable bonds is 9. The molecule has 0 aliphatic carbocycles. The van der Waals surface area contributed by atoms with Crippen LogP contribution in [-0.4, -0.2) is 62.3 Å². The molecular weight excluding hydrogens is 242 g/mol. The van der Waals surface area contributed by atoms with Crippen LogP contribution in [0.2, 0.25) is 0 Å². The smallest absolute Gasteiger partial charge is 0.236 e. The van der Waals surface area contributed by atoms with Crippen molar-refractivity contribution in [2.24, 2.45) is 0 Å². The highest BCUT2D eigenvalue weighted by molar-refractivity contribution is 5.81. The minimum Gasteiger partial charge on any atom is -0.376 e. The normalized spacial score (nSPS) is 20.7. The van der Waals surface area contributed by atoms with E-state index in [0.29, 0.717) is 6.54 Å². The Morgan fingerprint density at radius 1 is 1.42 bits per heavy atom. The zero-order valence-electron chi connectivity index (χ0n) is 12.6.